The minimum Gasteiger partial charge on any atom is -0.369 e. The van der Waals surface area contributed by atoms with Crippen LogP contribution in [0.1, 0.15) is 166 Å². The van der Waals surface area contributed by atoms with E-state index in [4.69, 9.17) is 28.7 Å². The first-order valence-electron chi connectivity index (χ1n) is 29.3. The Morgan fingerprint density at radius 2 is 1.00 bits per heavy atom. The fourth-order valence-corrected chi connectivity index (χ4v) is 9.55. The number of nitrogens with zero attached hydrogens (tertiary/aromatic N) is 4. The van der Waals surface area contributed by atoms with E-state index in [1.165, 1.54) is 19.0 Å². The predicted octanol–water partition coefficient (Wildman–Crippen LogP) is 2.21. The summed E-state index contributed by atoms with van der Waals surface area (Å²) in [7, 11) is 0. The zero-order valence-corrected chi connectivity index (χ0v) is 48.8. The van der Waals surface area contributed by atoms with Crippen LogP contribution in [0.25, 0.3) is 0 Å². The van der Waals surface area contributed by atoms with E-state index in [2.05, 4.69) is 56.2 Å². The molecule has 0 aliphatic carbocycles. The van der Waals surface area contributed by atoms with Crippen molar-refractivity contribution in [3.63, 3.8) is 0 Å². The molecule has 0 saturated carbocycles. The molecule has 5 amide bonds. The lowest BCUT2D eigenvalue weighted by Crippen LogP contribution is -2.52. The number of carbonyl (C=O) groups is 9. The lowest BCUT2D eigenvalue weighted by molar-refractivity contribution is -0.133. The second kappa shape index (κ2) is 36.5. The number of allylic oxidation sites excluding steroid dienone is 1. The van der Waals surface area contributed by atoms with Crippen molar-refractivity contribution in [3.05, 3.63) is 66.4 Å². The van der Waals surface area contributed by atoms with Crippen LogP contribution in [0.15, 0.2) is 54.3 Å². The molecule has 8 atom stereocenters. The summed E-state index contributed by atoms with van der Waals surface area (Å²) in [5, 5.41) is 11.5. The number of hydrogen-bond acceptors (Lipinski definition) is 17. The SMILES string of the molecule is CC(C)(C)C(=O)CC(CCCCCC(=O)C(CCCCNC(=O)C(CCCCCC(=O)C(N)CC1=CCC=N1)NC(=O)C(N)Cc1cnc[nH]1)NC(=O)C(CCCCNC(=O)C(N)Cc1cnc[nH]1)CC(=O)C(N)Cc1cnc[nH]1)C(N)=O. The van der Waals surface area contributed by atoms with Crippen LogP contribution in [-0.2, 0) is 62.4 Å². The molecule has 3 aromatic rings. The van der Waals surface area contributed by atoms with Gasteiger partial charge in [-0.25, -0.2) is 15.0 Å². The van der Waals surface area contributed by atoms with E-state index in [0.717, 1.165) is 12.1 Å². The first kappa shape index (κ1) is 68.4. The molecule has 0 bridgehead atoms. The number of nitrogens with two attached hydrogens (primary N) is 5. The van der Waals surface area contributed by atoms with E-state index < -0.39 is 77.1 Å². The number of rotatable bonds is 44. The normalized spacial score (nSPS) is 15.2. The highest BCUT2D eigenvalue weighted by molar-refractivity contribution is 5.93. The van der Waals surface area contributed by atoms with E-state index in [1.807, 2.05) is 6.08 Å². The van der Waals surface area contributed by atoms with Crippen molar-refractivity contribution < 1.29 is 43.2 Å². The van der Waals surface area contributed by atoms with Crippen LogP contribution >= 0.6 is 0 Å². The van der Waals surface area contributed by atoms with E-state index >= 15 is 0 Å². The number of amides is 5. The molecular weight excluding hydrogens is 1060 g/mol. The van der Waals surface area contributed by atoms with E-state index in [9.17, 15) is 43.2 Å². The zero-order chi connectivity index (χ0) is 60.7. The van der Waals surface area contributed by atoms with Gasteiger partial charge in [-0.15, -0.1) is 0 Å². The number of hydrogen-bond donors (Lipinski definition) is 12. The second-order valence-corrected chi connectivity index (χ2v) is 22.9. The highest BCUT2D eigenvalue weighted by Gasteiger charge is 2.31. The van der Waals surface area contributed by atoms with E-state index in [-0.39, 0.29) is 106 Å². The average Bonchev–Trinajstić information content (AvgIpc) is 4.36. The number of ketones is 4. The zero-order valence-electron chi connectivity index (χ0n) is 48.8. The van der Waals surface area contributed by atoms with Gasteiger partial charge in [0.05, 0.1) is 49.2 Å². The molecule has 4 rings (SSSR count). The molecule has 83 heavy (non-hydrogen) atoms. The number of aliphatic imine (C=N–C) groups is 1. The molecule has 0 saturated heterocycles. The average molecular weight is 1160 g/mol. The van der Waals surface area contributed by atoms with Gasteiger partial charge in [0.25, 0.3) is 0 Å². The Kier molecular flexibility index (Phi) is 30.1. The Balaban J connectivity index is 1.41. The summed E-state index contributed by atoms with van der Waals surface area (Å²) in [6, 6.07) is -5.29. The van der Waals surface area contributed by atoms with E-state index in [0.29, 0.717) is 94.1 Å². The maximum Gasteiger partial charge on any atom is 0.242 e. The Bertz CT molecular complexity index is 2560. The van der Waals surface area contributed by atoms with Gasteiger partial charge < -0.3 is 64.9 Å². The fourth-order valence-electron chi connectivity index (χ4n) is 9.55. The number of nitrogens with one attached hydrogen (secondary N) is 7. The topological polar surface area (TPSA) is 430 Å². The summed E-state index contributed by atoms with van der Waals surface area (Å²) in [6.45, 7) is 5.80. The number of H-pyrrole nitrogens is 3. The number of primary amides is 1. The van der Waals surface area contributed by atoms with Gasteiger partial charge in [0.15, 0.2) is 11.6 Å². The smallest absolute Gasteiger partial charge is 0.242 e. The number of imidazole rings is 3. The van der Waals surface area contributed by atoms with Gasteiger partial charge in [-0.3, -0.25) is 48.1 Å². The number of aromatic nitrogens is 6. The van der Waals surface area contributed by atoms with Crippen LogP contribution in [0.3, 0.4) is 0 Å². The van der Waals surface area contributed by atoms with Crippen LogP contribution in [0.4, 0.5) is 0 Å². The third kappa shape index (κ3) is 26.4. The highest BCUT2D eigenvalue weighted by Crippen LogP contribution is 2.24. The summed E-state index contributed by atoms with van der Waals surface area (Å²) in [4.78, 5) is 145. The minimum atomic E-state index is -0.975. The molecule has 17 N–H and O–H groups in total. The van der Waals surface area contributed by atoms with Crippen molar-refractivity contribution in [2.24, 2.45) is 50.9 Å². The Morgan fingerprint density at radius 3 is 1.54 bits per heavy atom. The van der Waals surface area contributed by atoms with Gasteiger partial charge in [-0.05, 0) is 57.8 Å². The third-order valence-electron chi connectivity index (χ3n) is 14.8. The fraction of sp³-hybridized carbons (Fsp3) is 0.638. The molecule has 0 aromatic carbocycles. The van der Waals surface area contributed by atoms with Crippen molar-refractivity contribution in [2.45, 2.75) is 205 Å². The van der Waals surface area contributed by atoms with Crippen molar-refractivity contribution in [2.75, 3.05) is 13.1 Å². The molecule has 8 unspecified atom stereocenters. The summed E-state index contributed by atoms with van der Waals surface area (Å²) < 4.78 is 0. The van der Waals surface area contributed by atoms with Crippen molar-refractivity contribution in [3.8, 4) is 0 Å². The first-order chi connectivity index (χ1) is 39.6. The van der Waals surface area contributed by atoms with Crippen LogP contribution in [0.2, 0.25) is 0 Å². The van der Waals surface area contributed by atoms with Crippen LogP contribution in [0, 0.1) is 17.3 Å². The summed E-state index contributed by atoms with van der Waals surface area (Å²) in [6.07, 6.45) is 20.7. The summed E-state index contributed by atoms with van der Waals surface area (Å²) >= 11 is 0. The number of aromatic amines is 3. The van der Waals surface area contributed by atoms with Crippen LogP contribution in [0.5, 0.6) is 0 Å². The molecule has 0 spiro atoms. The molecule has 3 aromatic heterocycles. The third-order valence-corrected chi connectivity index (χ3v) is 14.8. The molecule has 4 heterocycles. The minimum absolute atomic E-state index is 0.0326. The van der Waals surface area contributed by atoms with Gasteiger partial charge >= 0.3 is 0 Å². The second-order valence-electron chi connectivity index (χ2n) is 22.9. The standard InChI is InChI=1S/C58H92N16O9/c1-58(2,3)52(78)26-37(53(63)79)15-6-4-9-21-50(76)47(73-54(80)38(25-51(77)44(60)28-40-31-64-34-70-40)16-10-12-22-68-55(81)45(61)29-41-32-65-35-71-41)18-11-13-23-69-57(83)48(74-56(82)46(62)30-42-33-66-36-72-42)19-7-5-8-20-49(75)43(59)27-39-17-14-24-67-39/h17,24,31-38,43-48H,4-16,18-23,25-30,59-62H2,1-3H3,(H2,63,79)(H,64,70)(H,65,71)(H,66,72)(H,68,81)(H,69,83)(H,73,80)(H,74,82). The number of carbonyl (C=O) groups excluding carboxylic acids is 9. The van der Waals surface area contributed by atoms with Gasteiger partial charge in [-0.1, -0.05) is 59.0 Å². The molecular formula is C58H92N16O9. The maximum atomic E-state index is 14.4. The van der Waals surface area contributed by atoms with E-state index in [1.54, 1.807) is 45.6 Å². The summed E-state index contributed by atoms with van der Waals surface area (Å²) in [5.74, 6) is -4.64. The maximum absolute atomic E-state index is 14.4. The number of Topliss-reactive ketones (excluding diaryl/α,β-unsaturated/α-hetero) is 4. The molecule has 25 nitrogen and oxygen atoms in total. The Labute approximate surface area is 486 Å². The number of unbranched alkanes of at least 4 members (excludes halogenated alkanes) is 6. The summed E-state index contributed by atoms with van der Waals surface area (Å²) in [5.41, 5.74) is 32.7. The lowest BCUT2D eigenvalue weighted by Gasteiger charge is -2.23. The van der Waals surface area contributed by atoms with Crippen LogP contribution in [-0.4, -0.2) is 138 Å². The van der Waals surface area contributed by atoms with Gasteiger partial charge in [-0.2, -0.15) is 0 Å². The van der Waals surface area contributed by atoms with Gasteiger partial charge in [0.1, 0.15) is 17.6 Å². The van der Waals surface area contributed by atoms with Gasteiger partial charge in [0.2, 0.25) is 29.5 Å². The molecule has 458 valence electrons. The Hall–Kier alpha value is -7.09. The molecule has 0 fully saturated rings. The van der Waals surface area contributed by atoms with Crippen molar-refractivity contribution >= 4 is 58.9 Å². The largest absolute Gasteiger partial charge is 0.369 e. The molecule has 1 aliphatic heterocycles. The quantitative estimate of drug-likeness (QED) is 0.0361. The van der Waals surface area contributed by atoms with Gasteiger partial charge in [0, 0.05) is 136 Å². The first-order valence-corrected chi connectivity index (χ1v) is 29.3. The van der Waals surface area contributed by atoms with Crippen molar-refractivity contribution in [1.82, 2.24) is 51.2 Å². The van der Waals surface area contributed by atoms with Crippen molar-refractivity contribution in [1.29, 1.82) is 0 Å². The molecule has 25 heteroatoms. The molecule has 0 radical (unpaired) electrons. The highest BCUT2D eigenvalue weighted by atomic mass is 16.2. The Morgan fingerprint density at radius 1 is 0.518 bits per heavy atom. The molecule has 1 aliphatic rings. The lowest BCUT2D eigenvalue weighted by atomic mass is 9.83. The van der Waals surface area contributed by atoms with Crippen LogP contribution < -0.4 is 49.9 Å². The predicted molar refractivity (Wildman–Crippen MR) is 313 cm³/mol. The monoisotopic (exact) mass is 1160 g/mol.